The Morgan fingerprint density at radius 3 is 2.56 bits per heavy atom. The summed E-state index contributed by atoms with van der Waals surface area (Å²) in [6, 6.07) is 6.52. The molecule has 0 atom stereocenters. The Hall–Kier alpha value is -1.28. The van der Waals surface area contributed by atoms with E-state index in [0.29, 0.717) is 0 Å². The van der Waals surface area contributed by atoms with Gasteiger partial charge in [-0.25, -0.2) is 0 Å². The van der Waals surface area contributed by atoms with Crippen LogP contribution in [-0.4, -0.2) is 17.5 Å². The van der Waals surface area contributed by atoms with E-state index in [1.165, 1.54) is 16.8 Å². The third-order valence-electron chi connectivity index (χ3n) is 3.66. The molecular weight excluding hydrogens is 220 g/mol. The van der Waals surface area contributed by atoms with E-state index in [9.17, 15) is 0 Å². The minimum Gasteiger partial charge on any atom is -0.320 e. The number of aromatic nitrogens is 1. The van der Waals surface area contributed by atoms with Crippen molar-refractivity contribution in [3.63, 3.8) is 0 Å². The van der Waals surface area contributed by atoms with Gasteiger partial charge in [0.15, 0.2) is 0 Å². The van der Waals surface area contributed by atoms with Gasteiger partial charge in [-0.15, -0.1) is 0 Å². The molecule has 0 amide bonds. The first kappa shape index (κ1) is 13.2. The Morgan fingerprint density at radius 1 is 1.06 bits per heavy atom. The van der Waals surface area contributed by atoms with Crippen LogP contribution in [0.15, 0.2) is 24.4 Å². The molecule has 0 fully saturated rings. The molecule has 0 aliphatic rings. The largest absolute Gasteiger partial charge is 0.320 e. The third kappa shape index (κ3) is 2.30. The number of nitrogens with one attached hydrogen (secondary N) is 1. The van der Waals surface area contributed by atoms with Crippen LogP contribution >= 0.6 is 0 Å². The number of rotatable bonds is 6. The molecule has 1 N–H and O–H groups in total. The van der Waals surface area contributed by atoms with Gasteiger partial charge >= 0.3 is 0 Å². The summed E-state index contributed by atoms with van der Waals surface area (Å²) in [5.41, 5.74) is 5.97. The second kappa shape index (κ2) is 6.05. The maximum atomic E-state index is 3.43. The fourth-order valence-electron chi connectivity index (χ4n) is 2.87. The molecule has 0 aliphatic carbocycles. The topological polar surface area (TPSA) is 16.4 Å². The second-order valence-corrected chi connectivity index (χ2v) is 4.67. The van der Waals surface area contributed by atoms with Gasteiger partial charge in [0.05, 0.1) is 0 Å². The third-order valence-corrected chi connectivity index (χ3v) is 3.66. The number of nitrogens with zero attached hydrogens (tertiary/aromatic N) is 1. The predicted octanol–water partition coefficient (Wildman–Crippen LogP) is 3.22. The molecule has 0 unspecified atom stereocenters. The van der Waals surface area contributed by atoms with Gasteiger partial charge in [0, 0.05) is 17.4 Å². The molecule has 0 saturated carbocycles. The van der Waals surface area contributed by atoms with Crippen molar-refractivity contribution in [2.24, 2.45) is 0 Å². The van der Waals surface area contributed by atoms with Gasteiger partial charge in [-0.05, 0) is 55.6 Å². The van der Waals surface area contributed by atoms with E-state index in [4.69, 9.17) is 0 Å². The highest BCUT2D eigenvalue weighted by molar-refractivity contribution is 5.62. The minimum absolute atomic E-state index is 1.05. The van der Waals surface area contributed by atoms with Crippen molar-refractivity contribution >= 4 is 5.52 Å². The van der Waals surface area contributed by atoms with Crippen LogP contribution in [-0.2, 0) is 19.3 Å². The lowest BCUT2D eigenvalue weighted by atomic mass is 10.0. The van der Waals surface area contributed by atoms with Gasteiger partial charge in [0.25, 0.3) is 0 Å². The maximum Gasteiger partial charge on any atom is 0.0488 e. The Balaban J connectivity index is 2.47. The van der Waals surface area contributed by atoms with Gasteiger partial charge in [-0.1, -0.05) is 26.8 Å². The summed E-state index contributed by atoms with van der Waals surface area (Å²) < 4.78 is 2.38. The smallest absolute Gasteiger partial charge is 0.0488 e. The van der Waals surface area contributed by atoms with Gasteiger partial charge in [0.1, 0.15) is 0 Å². The molecule has 2 aromatic rings. The normalized spacial score (nSPS) is 11.3. The average molecular weight is 244 g/mol. The summed E-state index contributed by atoms with van der Waals surface area (Å²) in [7, 11) is 0. The molecule has 0 spiro atoms. The molecular formula is C16H24N2. The van der Waals surface area contributed by atoms with Crippen LogP contribution in [0, 0.1) is 0 Å². The van der Waals surface area contributed by atoms with E-state index in [2.05, 4.69) is 54.9 Å². The zero-order valence-corrected chi connectivity index (χ0v) is 11.8. The van der Waals surface area contributed by atoms with Crippen LogP contribution in [0.2, 0.25) is 0 Å². The summed E-state index contributed by atoms with van der Waals surface area (Å²) in [6.45, 7) is 8.80. The molecule has 18 heavy (non-hydrogen) atoms. The van der Waals surface area contributed by atoms with Crippen molar-refractivity contribution in [3.05, 3.63) is 41.2 Å². The lowest BCUT2D eigenvalue weighted by Gasteiger charge is -2.04. The second-order valence-electron chi connectivity index (χ2n) is 4.67. The van der Waals surface area contributed by atoms with Crippen molar-refractivity contribution in [3.8, 4) is 0 Å². The summed E-state index contributed by atoms with van der Waals surface area (Å²) in [6.07, 6.45) is 5.57. The standard InChI is InChI=1S/C16H24N2/c1-4-13-14(10-11-17-6-3)16-9-7-8-12-18(16)15(13)5-2/h7-9,12,17H,4-6,10-11H2,1-3H3. The van der Waals surface area contributed by atoms with Crippen LogP contribution in [0.5, 0.6) is 0 Å². The Labute approximate surface area is 110 Å². The highest BCUT2D eigenvalue weighted by atomic mass is 14.9. The van der Waals surface area contributed by atoms with Crippen molar-refractivity contribution in [1.82, 2.24) is 9.72 Å². The first-order valence-electron chi connectivity index (χ1n) is 7.13. The van der Waals surface area contributed by atoms with E-state index < -0.39 is 0 Å². The van der Waals surface area contributed by atoms with Crippen molar-refractivity contribution in [2.75, 3.05) is 13.1 Å². The number of hydrogen-bond acceptors (Lipinski definition) is 1. The van der Waals surface area contributed by atoms with Crippen LogP contribution < -0.4 is 5.32 Å². The number of hydrogen-bond donors (Lipinski definition) is 1. The monoisotopic (exact) mass is 244 g/mol. The summed E-state index contributed by atoms with van der Waals surface area (Å²) in [5, 5.41) is 3.43. The van der Waals surface area contributed by atoms with Crippen molar-refractivity contribution in [1.29, 1.82) is 0 Å². The Kier molecular flexibility index (Phi) is 4.43. The quantitative estimate of drug-likeness (QED) is 0.772. The molecule has 2 aromatic heterocycles. The molecule has 2 nitrogen and oxygen atoms in total. The van der Waals surface area contributed by atoms with Crippen LogP contribution in [0.3, 0.4) is 0 Å². The number of pyridine rings is 1. The lowest BCUT2D eigenvalue weighted by Crippen LogP contribution is -2.16. The maximum absolute atomic E-state index is 3.43. The van der Waals surface area contributed by atoms with Gasteiger partial charge < -0.3 is 9.72 Å². The van der Waals surface area contributed by atoms with E-state index in [-0.39, 0.29) is 0 Å². The highest BCUT2D eigenvalue weighted by Gasteiger charge is 2.14. The first-order chi connectivity index (χ1) is 8.83. The molecule has 0 radical (unpaired) electrons. The molecule has 0 aromatic carbocycles. The van der Waals surface area contributed by atoms with Crippen molar-refractivity contribution < 1.29 is 0 Å². The summed E-state index contributed by atoms with van der Waals surface area (Å²) in [4.78, 5) is 0. The number of aryl methyl sites for hydroxylation is 1. The van der Waals surface area contributed by atoms with E-state index in [1.54, 1.807) is 5.56 Å². The molecule has 2 heteroatoms. The molecule has 0 bridgehead atoms. The van der Waals surface area contributed by atoms with E-state index in [0.717, 1.165) is 32.4 Å². The van der Waals surface area contributed by atoms with E-state index in [1.807, 2.05) is 0 Å². The average Bonchev–Trinajstić information content (AvgIpc) is 2.72. The fourth-order valence-corrected chi connectivity index (χ4v) is 2.87. The Morgan fingerprint density at radius 2 is 1.89 bits per heavy atom. The number of likely N-dealkylation sites (N-methyl/N-ethyl adjacent to an activating group) is 1. The lowest BCUT2D eigenvalue weighted by molar-refractivity contribution is 0.716. The summed E-state index contributed by atoms with van der Waals surface area (Å²) in [5.74, 6) is 0. The van der Waals surface area contributed by atoms with Gasteiger partial charge in [-0.3, -0.25) is 0 Å². The van der Waals surface area contributed by atoms with Crippen LogP contribution in [0.1, 0.15) is 37.6 Å². The Bertz CT molecular complexity index is 511. The molecule has 98 valence electrons. The van der Waals surface area contributed by atoms with Gasteiger partial charge in [-0.2, -0.15) is 0 Å². The molecule has 0 aliphatic heterocycles. The zero-order valence-electron chi connectivity index (χ0n) is 11.8. The SMILES string of the molecule is CCNCCc1c(CC)c(CC)n2ccccc12. The molecule has 2 heterocycles. The van der Waals surface area contributed by atoms with Crippen LogP contribution in [0.25, 0.3) is 5.52 Å². The zero-order chi connectivity index (χ0) is 13.0. The number of fused-ring (bicyclic) bond motifs is 1. The summed E-state index contributed by atoms with van der Waals surface area (Å²) >= 11 is 0. The predicted molar refractivity (Wildman–Crippen MR) is 78.4 cm³/mol. The highest BCUT2D eigenvalue weighted by Crippen LogP contribution is 2.25. The first-order valence-corrected chi connectivity index (χ1v) is 7.13. The minimum atomic E-state index is 1.05. The molecule has 2 rings (SSSR count). The van der Waals surface area contributed by atoms with Crippen LogP contribution in [0.4, 0.5) is 0 Å². The van der Waals surface area contributed by atoms with E-state index >= 15 is 0 Å². The fraction of sp³-hybridized carbons (Fsp3) is 0.500. The van der Waals surface area contributed by atoms with Gasteiger partial charge in [0.2, 0.25) is 0 Å². The van der Waals surface area contributed by atoms with Crippen molar-refractivity contribution in [2.45, 2.75) is 40.0 Å². The molecule has 0 saturated heterocycles.